The molecule has 0 saturated carbocycles. The van der Waals surface area contributed by atoms with Crippen molar-refractivity contribution in [1.82, 2.24) is 9.47 Å². The van der Waals surface area contributed by atoms with Gasteiger partial charge in [0.05, 0.1) is 17.5 Å². The second kappa shape index (κ2) is 10.8. The second-order valence-electron chi connectivity index (χ2n) is 8.26. The van der Waals surface area contributed by atoms with Gasteiger partial charge in [-0.1, -0.05) is 49.6 Å². The highest BCUT2D eigenvalue weighted by Gasteiger charge is 2.27. The summed E-state index contributed by atoms with van der Waals surface area (Å²) in [4.78, 5) is 2.06. The number of rotatable bonds is 9. The van der Waals surface area contributed by atoms with Crippen LogP contribution < -0.4 is 4.57 Å². The quantitative estimate of drug-likeness (QED) is 0.311. The number of benzene rings is 2. The van der Waals surface area contributed by atoms with Gasteiger partial charge < -0.3 is 4.90 Å². The Bertz CT molecular complexity index is 1180. The van der Waals surface area contributed by atoms with Crippen LogP contribution in [0.15, 0.2) is 91.4 Å². The van der Waals surface area contributed by atoms with E-state index in [-0.39, 0.29) is 0 Å². The van der Waals surface area contributed by atoms with Gasteiger partial charge >= 0.3 is 0 Å². The van der Waals surface area contributed by atoms with Crippen LogP contribution >= 0.6 is 0 Å². The van der Waals surface area contributed by atoms with Crippen LogP contribution in [0.1, 0.15) is 30.8 Å². The van der Waals surface area contributed by atoms with E-state index in [0.29, 0.717) is 0 Å². The van der Waals surface area contributed by atoms with Gasteiger partial charge in [0, 0.05) is 33.4 Å². The predicted octanol–water partition coefficient (Wildman–Crippen LogP) is 5.62. The Morgan fingerprint density at radius 2 is 1.61 bits per heavy atom. The van der Waals surface area contributed by atoms with Crippen LogP contribution in [0.3, 0.4) is 0 Å². The van der Waals surface area contributed by atoms with Crippen molar-refractivity contribution in [2.45, 2.75) is 34.2 Å². The molecule has 0 aliphatic carbocycles. The maximum Gasteiger partial charge on any atom is 0.294 e. The number of imidazole rings is 1. The molecule has 33 heavy (non-hydrogen) atoms. The summed E-state index contributed by atoms with van der Waals surface area (Å²) in [6, 6.07) is 21.0. The van der Waals surface area contributed by atoms with Crippen molar-refractivity contribution < 1.29 is 9.14 Å². The van der Waals surface area contributed by atoms with E-state index in [4.69, 9.17) is 0 Å². The highest BCUT2D eigenvalue weighted by molar-refractivity contribution is 5.75. The average Bonchev–Trinajstić information content (AvgIpc) is 3.10. The van der Waals surface area contributed by atoms with Crippen LogP contribution in [0.5, 0.6) is 0 Å². The molecular weight excluding hydrogens is 404 g/mol. The summed E-state index contributed by atoms with van der Waals surface area (Å²) in [5.41, 5.74) is 7.17. The Hall–Kier alpha value is -3.66. The lowest BCUT2D eigenvalue weighted by molar-refractivity contribution is -0.712. The summed E-state index contributed by atoms with van der Waals surface area (Å²) in [6.07, 6.45) is 5.98. The first-order valence-corrected chi connectivity index (χ1v) is 11.4. The largest absolute Gasteiger partial charge is 0.350 e. The van der Waals surface area contributed by atoms with Crippen molar-refractivity contribution in [3.63, 3.8) is 0 Å². The van der Waals surface area contributed by atoms with Crippen molar-refractivity contribution in [3.05, 3.63) is 108 Å². The molecule has 0 amide bonds. The van der Waals surface area contributed by atoms with E-state index in [9.17, 15) is 0 Å². The summed E-state index contributed by atoms with van der Waals surface area (Å²) in [5, 5.41) is 0. The summed E-state index contributed by atoms with van der Waals surface area (Å²) >= 11 is 0. The first kappa shape index (κ1) is 24.0. The lowest BCUT2D eigenvalue weighted by Gasteiger charge is -2.15. The molecule has 0 N–H and O–H groups in total. The molecule has 2 aromatic carbocycles. The van der Waals surface area contributed by atoms with Crippen LogP contribution in [-0.4, -0.2) is 33.8 Å². The van der Waals surface area contributed by atoms with Gasteiger partial charge in [0.2, 0.25) is 0 Å². The molecule has 3 rings (SSSR count). The topological polar surface area (TPSA) is 15.1 Å². The summed E-state index contributed by atoms with van der Waals surface area (Å²) < 4.78 is 6.93. The Morgan fingerprint density at radius 1 is 1.00 bits per heavy atom. The molecule has 0 bridgehead atoms. The van der Waals surface area contributed by atoms with Gasteiger partial charge in [-0.3, -0.25) is 0 Å². The third-order valence-electron chi connectivity index (χ3n) is 6.41. The van der Waals surface area contributed by atoms with Crippen molar-refractivity contribution in [2.75, 3.05) is 13.6 Å². The Balaban J connectivity index is 2.07. The zero-order valence-corrected chi connectivity index (χ0v) is 20.6. The number of aromatic nitrogens is 2. The van der Waals surface area contributed by atoms with Gasteiger partial charge in [-0.25, -0.2) is 9.13 Å². The number of nitrogens with zero attached hydrogens (tertiary/aromatic N) is 4. The number of hydrogen-bond donors (Lipinski definition) is 0. The van der Waals surface area contributed by atoms with E-state index in [1.165, 1.54) is 33.9 Å². The molecule has 4 heteroatoms. The van der Waals surface area contributed by atoms with E-state index in [1.54, 1.807) is 0 Å². The van der Waals surface area contributed by atoms with Crippen molar-refractivity contribution in [3.8, 4) is 11.4 Å². The Labute approximate surface area is 198 Å². The molecular formula is C29H36N4+2. The van der Waals surface area contributed by atoms with Crippen molar-refractivity contribution >= 4 is 12.4 Å². The zero-order chi connectivity index (χ0) is 24.0. The molecule has 0 radical (unpaired) electrons. The minimum atomic E-state index is 0.828. The SMILES string of the molecule is C=CN(C)/C(C)=C(/C)[N+](=Cc1ccccc1)CC[n+]1c(C)c(C)n(C=C)c1-c1ccccc1. The van der Waals surface area contributed by atoms with Gasteiger partial charge in [-0.2, -0.15) is 4.58 Å². The molecule has 3 aromatic rings. The van der Waals surface area contributed by atoms with Crippen LogP contribution in [0, 0.1) is 13.8 Å². The molecule has 0 spiro atoms. The summed E-state index contributed by atoms with van der Waals surface area (Å²) in [6.45, 7) is 18.3. The van der Waals surface area contributed by atoms with E-state index < -0.39 is 0 Å². The van der Waals surface area contributed by atoms with Gasteiger partial charge in [0.25, 0.3) is 5.82 Å². The average molecular weight is 441 g/mol. The maximum absolute atomic E-state index is 4.07. The first-order chi connectivity index (χ1) is 15.9. The number of hydrogen-bond acceptors (Lipinski definition) is 1. The summed E-state index contributed by atoms with van der Waals surface area (Å²) in [5.74, 6) is 1.15. The normalized spacial score (nSPS) is 12.3. The van der Waals surface area contributed by atoms with Crippen LogP contribution in [0.25, 0.3) is 17.6 Å². The second-order valence-corrected chi connectivity index (χ2v) is 8.26. The molecule has 0 atom stereocenters. The van der Waals surface area contributed by atoms with E-state index in [1.807, 2.05) is 25.5 Å². The third-order valence-corrected chi connectivity index (χ3v) is 6.41. The molecule has 4 nitrogen and oxygen atoms in total. The fourth-order valence-corrected chi connectivity index (χ4v) is 4.05. The lowest BCUT2D eigenvalue weighted by Crippen LogP contribution is -2.42. The highest BCUT2D eigenvalue weighted by atomic mass is 15.2. The molecule has 0 unspecified atom stereocenters. The monoisotopic (exact) mass is 440 g/mol. The summed E-state index contributed by atoms with van der Waals surface area (Å²) in [7, 11) is 2.03. The molecule has 1 aromatic heterocycles. The molecule has 0 aliphatic rings. The predicted molar refractivity (Wildman–Crippen MR) is 139 cm³/mol. The fraction of sp³-hybridized carbons (Fsp3) is 0.241. The van der Waals surface area contributed by atoms with Crippen LogP contribution in [0.4, 0.5) is 0 Å². The molecule has 0 aliphatic heterocycles. The van der Waals surface area contributed by atoms with Crippen LogP contribution in [0.2, 0.25) is 0 Å². The molecule has 0 saturated heterocycles. The Morgan fingerprint density at radius 3 is 2.18 bits per heavy atom. The van der Waals surface area contributed by atoms with E-state index >= 15 is 0 Å². The van der Waals surface area contributed by atoms with Gasteiger partial charge in [-0.05, 0) is 37.4 Å². The fourth-order valence-electron chi connectivity index (χ4n) is 4.05. The van der Waals surface area contributed by atoms with Crippen LogP contribution in [-0.2, 0) is 6.54 Å². The highest BCUT2D eigenvalue weighted by Crippen LogP contribution is 2.21. The molecule has 1 heterocycles. The third kappa shape index (κ3) is 5.23. The zero-order valence-electron chi connectivity index (χ0n) is 20.6. The molecule has 170 valence electrons. The van der Waals surface area contributed by atoms with E-state index in [2.05, 4.69) is 120 Å². The standard InChI is InChI=1S/C29H36N4/c1-8-30(7)23(3)24(4)31(22-27-16-12-10-13-17-27)20-21-33-26(6)25(5)32(9-2)29(33)28-18-14-11-15-19-28/h8-19,22H,1-2,20-21H2,3-7H3/q+2/b24-23-,31-22?. The van der Waals surface area contributed by atoms with E-state index in [0.717, 1.165) is 18.9 Å². The first-order valence-electron chi connectivity index (χ1n) is 11.4. The lowest BCUT2D eigenvalue weighted by atomic mass is 10.2. The Kier molecular flexibility index (Phi) is 7.83. The van der Waals surface area contributed by atoms with Crippen molar-refractivity contribution in [1.29, 1.82) is 0 Å². The minimum absolute atomic E-state index is 0.828. The van der Waals surface area contributed by atoms with Gasteiger partial charge in [-0.15, -0.1) is 0 Å². The maximum atomic E-state index is 4.07. The number of allylic oxidation sites excluding steroid dienone is 2. The van der Waals surface area contributed by atoms with Gasteiger partial charge in [0.15, 0.2) is 18.5 Å². The minimum Gasteiger partial charge on any atom is -0.350 e. The van der Waals surface area contributed by atoms with Gasteiger partial charge in [0.1, 0.15) is 17.9 Å². The smallest absolute Gasteiger partial charge is 0.294 e. The van der Waals surface area contributed by atoms with Crippen molar-refractivity contribution in [2.24, 2.45) is 0 Å². The molecule has 0 fully saturated rings.